The van der Waals surface area contributed by atoms with Crippen LogP contribution in [0, 0.1) is 19.7 Å². The first-order valence-electron chi connectivity index (χ1n) is 11.5. The minimum atomic E-state index is -0.392. The molecule has 33 heavy (non-hydrogen) atoms. The minimum absolute atomic E-state index is 0.0437. The number of carbonyl (C=O) groups is 2. The summed E-state index contributed by atoms with van der Waals surface area (Å²) >= 11 is 0. The molecule has 0 saturated carbocycles. The van der Waals surface area contributed by atoms with E-state index in [0.29, 0.717) is 39.0 Å². The Morgan fingerprint density at radius 3 is 2.21 bits per heavy atom. The zero-order chi connectivity index (χ0) is 23.7. The maximum Gasteiger partial charge on any atom is 0.245 e. The van der Waals surface area contributed by atoms with Crippen LogP contribution in [-0.4, -0.2) is 57.3 Å². The van der Waals surface area contributed by atoms with Crippen molar-refractivity contribution in [2.45, 2.75) is 46.6 Å². The molecule has 1 aliphatic rings. The quantitative estimate of drug-likeness (QED) is 0.590. The van der Waals surface area contributed by atoms with Crippen LogP contribution in [0.25, 0.3) is 11.0 Å². The average molecular weight is 451 g/mol. The molecule has 1 saturated heterocycles. The molecule has 174 valence electrons. The molecule has 1 unspecified atom stereocenters. The van der Waals surface area contributed by atoms with E-state index in [1.807, 2.05) is 11.8 Å². The van der Waals surface area contributed by atoms with Gasteiger partial charge in [0.15, 0.2) is 0 Å². The van der Waals surface area contributed by atoms with E-state index in [0.717, 1.165) is 33.5 Å². The van der Waals surface area contributed by atoms with E-state index in [1.165, 1.54) is 12.1 Å². The number of hydrogen-bond donors (Lipinski definition) is 0. The van der Waals surface area contributed by atoms with E-state index in [9.17, 15) is 14.0 Å². The number of benzene rings is 2. The Morgan fingerprint density at radius 2 is 1.61 bits per heavy atom. The van der Waals surface area contributed by atoms with Crippen LogP contribution in [0.15, 0.2) is 36.4 Å². The van der Waals surface area contributed by atoms with Crippen LogP contribution in [0.1, 0.15) is 48.8 Å². The van der Waals surface area contributed by atoms with Gasteiger partial charge in [0.25, 0.3) is 0 Å². The van der Waals surface area contributed by atoms with Gasteiger partial charge in [-0.15, -0.1) is 0 Å². The van der Waals surface area contributed by atoms with Crippen molar-refractivity contribution in [3.8, 4) is 0 Å². The highest BCUT2D eigenvalue weighted by Gasteiger charge is 2.31. The molecule has 1 aromatic heterocycles. The highest BCUT2D eigenvalue weighted by Crippen LogP contribution is 2.29. The minimum Gasteiger partial charge on any atom is -0.339 e. The molecule has 0 spiro atoms. The fourth-order valence-corrected chi connectivity index (χ4v) is 4.58. The van der Waals surface area contributed by atoms with E-state index in [2.05, 4.69) is 30.5 Å². The van der Waals surface area contributed by atoms with Gasteiger partial charge in [0.2, 0.25) is 11.8 Å². The zero-order valence-corrected chi connectivity index (χ0v) is 19.8. The second-order valence-corrected chi connectivity index (χ2v) is 8.88. The summed E-state index contributed by atoms with van der Waals surface area (Å²) in [6.07, 6.45) is 1.13. The van der Waals surface area contributed by atoms with Crippen molar-refractivity contribution in [1.82, 2.24) is 19.4 Å². The van der Waals surface area contributed by atoms with Crippen molar-refractivity contribution in [1.29, 1.82) is 0 Å². The van der Waals surface area contributed by atoms with Gasteiger partial charge >= 0.3 is 0 Å². The Hall–Kier alpha value is -3.22. The second kappa shape index (κ2) is 9.33. The lowest BCUT2D eigenvalue weighted by Crippen LogP contribution is -2.51. The van der Waals surface area contributed by atoms with Gasteiger partial charge in [-0.05, 0) is 61.2 Å². The largest absolute Gasteiger partial charge is 0.339 e. The van der Waals surface area contributed by atoms with E-state index < -0.39 is 6.04 Å². The predicted molar refractivity (Wildman–Crippen MR) is 127 cm³/mol. The van der Waals surface area contributed by atoms with E-state index in [1.54, 1.807) is 24.0 Å². The van der Waals surface area contributed by atoms with Crippen molar-refractivity contribution in [2.75, 3.05) is 26.2 Å². The second-order valence-electron chi connectivity index (χ2n) is 8.88. The molecule has 1 atom stereocenters. The number of piperazine rings is 1. The highest BCUT2D eigenvalue weighted by molar-refractivity contribution is 5.85. The first kappa shape index (κ1) is 23.0. The molecule has 1 fully saturated rings. The van der Waals surface area contributed by atoms with Crippen LogP contribution >= 0.6 is 0 Å². The molecular weight excluding hydrogens is 419 g/mol. The fraction of sp³-hybridized carbons (Fsp3) is 0.423. The van der Waals surface area contributed by atoms with E-state index >= 15 is 0 Å². The number of halogens is 1. The van der Waals surface area contributed by atoms with Crippen molar-refractivity contribution in [3.63, 3.8) is 0 Å². The lowest BCUT2D eigenvalue weighted by atomic mass is 10.1. The molecule has 4 rings (SSSR count). The Morgan fingerprint density at radius 1 is 1.00 bits per heavy atom. The number of hydrogen-bond acceptors (Lipinski definition) is 3. The summed E-state index contributed by atoms with van der Waals surface area (Å²) in [5.41, 5.74) is 5.05. The molecule has 1 aliphatic heterocycles. The molecule has 0 N–H and O–H groups in total. The summed E-state index contributed by atoms with van der Waals surface area (Å²) in [5, 5.41) is 0. The van der Waals surface area contributed by atoms with Gasteiger partial charge in [0, 0.05) is 39.5 Å². The third-order valence-corrected chi connectivity index (χ3v) is 6.67. The number of aromatic nitrogens is 2. The Kier molecular flexibility index (Phi) is 6.49. The van der Waals surface area contributed by atoms with Crippen LogP contribution < -0.4 is 0 Å². The van der Waals surface area contributed by atoms with E-state index in [-0.39, 0.29) is 17.6 Å². The summed E-state index contributed by atoms with van der Waals surface area (Å²) in [6, 6.07) is 10.2. The number of fused-ring (bicyclic) bond motifs is 1. The monoisotopic (exact) mass is 450 g/mol. The summed E-state index contributed by atoms with van der Waals surface area (Å²) < 4.78 is 15.5. The number of carbonyl (C=O) groups excluding carboxylic acids is 2. The van der Waals surface area contributed by atoms with Crippen LogP contribution in [-0.2, 0) is 16.0 Å². The van der Waals surface area contributed by atoms with Crippen LogP contribution in [0.4, 0.5) is 4.39 Å². The molecule has 6 nitrogen and oxygen atoms in total. The first-order valence-corrected chi connectivity index (χ1v) is 11.5. The zero-order valence-electron chi connectivity index (χ0n) is 19.8. The van der Waals surface area contributed by atoms with Crippen molar-refractivity contribution in [3.05, 3.63) is 64.7 Å². The van der Waals surface area contributed by atoms with Gasteiger partial charge < -0.3 is 14.4 Å². The lowest BCUT2D eigenvalue weighted by molar-refractivity contribution is -0.140. The molecule has 2 aromatic carbocycles. The van der Waals surface area contributed by atoms with Gasteiger partial charge in [-0.25, -0.2) is 9.37 Å². The maximum absolute atomic E-state index is 13.7. The molecule has 2 amide bonds. The van der Waals surface area contributed by atoms with E-state index in [4.69, 9.17) is 4.98 Å². The first-order chi connectivity index (χ1) is 15.8. The van der Waals surface area contributed by atoms with Gasteiger partial charge in [-0.2, -0.15) is 0 Å². The molecule has 3 aromatic rings. The molecular formula is C26H31FN4O2. The third kappa shape index (κ3) is 4.63. The van der Waals surface area contributed by atoms with Crippen LogP contribution in [0.2, 0.25) is 0 Å². The van der Waals surface area contributed by atoms with Crippen LogP contribution in [0.3, 0.4) is 0 Å². The number of rotatable bonds is 5. The van der Waals surface area contributed by atoms with Gasteiger partial charge in [0.1, 0.15) is 17.7 Å². The molecule has 7 heteroatoms. The Labute approximate surface area is 194 Å². The van der Waals surface area contributed by atoms with Crippen LogP contribution in [0.5, 0.6) is 0 Å². The fourth-order valence-electron chi connectivity index (χ4n) is 4.58. The Balaban J connectivity index is 1.73. The van der Waals surface area contributed by atoms with Crippen molar-refractivity contribution < 1.29 is 14.0 Å². The summed E-state index contributed by atoms with van der Waals surface area (Å²) in [6.45, 7) is 9.89. The SMILES string of the molecule is CCC(C(=O)N1CCN(C(C)=O)CC1)n1c(Cc2ccc(F)cc2)nc2cc(C)c(C)cc21. The summed E-state index contributed by atoms with van der Waals surface area (Å²) in [5.74, 6) is 0.620. The molecule has 0 bridgehead atoms. The number of nitrogens with zero attached hydrogens (tertiary/aromatic N) is 4. The number of aryl methyl sites for hydroxylation is 2. The molecule has 2 heterocycles. The normalized spacial score (nSPS) is 15.2. The predicted octanol–water partition coefficient (Wildman–Crippen LogP) is 4.02. The van der Waals surface area contributed by atoms with Gasteiger partial charge in [-0.3, -0.25) is 9.59 Å². The van der Waals surface area contributed by atoms with Gasteiger partial charge in [-0.1, -0.05) is 19.1 Å². The topological polar surface area (TPSA) is 58.4 Å². The Bertz CT molecular complexity index is 1180. The number of amides is 2. The maximum atomic E-state index is 13.7. The average Bonchev–Trinajstić information content (AvgIpc) is 3.12. The van der Waals surface area contributed by atoms with Crippen molar-refractivity contribution in [2.24, 2.45) is 0 Å². The molecule has 0 radical (unpaired) electrons. The number of imidazole rings is 1. The van der Waals surface area contributed by atoms with Gasteiger partial charge in [0.05, 0.1) is 11.0 Å². The smallest absolute Gasteiger partial charge is 0.245 e. The molecule has 0 aliphatic carbocycles. The van der Waals surface area contributed by atoms with Crippen molar-refractivity contribution >= 4 is 22.8 Å². The lowest BCUT2D eigenvalue weighted by Gasteiger charge is -2.36. The third-order valence-electron chi connectivity index (χ3n) is 6.67. The summed E-state index contributed by atoms with van der Waals surface area (Å²) in [4.78, 5) is 33.9. The standard InChI is InChI=1S/C26H31FN4O2/c1-5-23(26(33)30-12-10-29(11-13-30)19(4)32)31-24-15-18(3)17(2)14-22(24)28-25(31)16-20-6-8-21(27)9-7-20/h6-9,14-15,23H,5,10-13,16H2,1-4H3. The summed E-state index contributed by atoms with van der Waals surface area (Å²) in [7, 11) is 0. The highest BCUT2D eigenvalue weighted by atomic mass is 19.1.